The summed E-state index contributed by atoms with van der Waals surface area (Å²) < 4.78 is 33.2. The van der Waals surface area contributed by atoms with Gasteiger partial charge in [-0.3, -0.25) is 14.9 Å². The predicted octanol–water partition coefficient (Wildman–Crippen LogP) is 2.18. The van der Waals surface area contributed by atoms with Gasteiger partial charge in [-0.05, 0) is 25.1 Å². The number of benzene rings is 2. The Bertz CT molecular complexity index is 1020. The summed E-state index contributed by atoms with van der Waals surface area (Å²) in [5, 5.41) is 14.2. The fraction of sp³-hybridized carbons (Fsp3) is 0.278. The summed E-state index contributed by atoms with van der Waals surface area (Å²) in [4.78, 5) is 21.8. The third-order valence-electron chi connectivity index (χ3n) is 4.30. The maximum atomic E-state index is 13.1. The largest absolute Gasteiger partial charge is 0.456 e. The summed E-state index contributed by atoms with van der Waals surface area (Å²) in [6, 6.07) is 9.74. The number of hydrogen-bond acceptors (Lipinski definition) is 7. The van der Waals surface area contributed by atoms with Gasteiger partial charge in [0, 0.05) is 43.9 Å². The van der Waals surface area contributed by atoms with Gasteiger partial charge in [0.05, 0.1) is 4.92 Å². The van der Waals surface area contributed by atoms with Crippen LogP contribution >= 0.6 is 0 Å². The van der Waals surface area contributed by atoms with Gasteiger partial charge in [0.1, 0.15) is 16.4 Å². The number of ketones is 1. The molecule has 2 aromatic rings. The van der Waals surface area contributed by atoms with Gasteiger partial charge in [-0.25, -0.2) is 8.42 Å². The first-order valence-corrected chi connectivity index (χ1v) is 10.0. The number of nitrogens with one attached hydrogen (secondary N) is 1. The number of carbonyl (C=O) groups excluding carboxylic acids is 1. The van der Waals surface area contributed by atoms with Gasteiger partial charge in [0.25, 0.3) is 5.69 Å². The molecule has 1 heterocycles. The van der Waals surface area contributed by atoms with Crippen molar-refractivity contribution in [1.29, 1.82) is 0 Å². The Balaban J connectivity index is 2.04. The first kappa shape index (κ1) is 19.9. The first-order valence-electron chi connectivity index (χ1n) is 8.57. The summed E-state index contributed by atoms with van der Waals surface area (Å²) in [6.45, 7) is 2.90. The lowest BCUT2D eigenvalue weighted by Gasteiger charge is -2.27. The van der Waals surface area contributed by atoms with Gasteiger partial charge in [0.15, 0.2) is 5.78 Å². The zero-order valence-corrected chi connectivity index (χ0v) is 15.9. The van der Waals surface area contributed by atoms with E-state index in [0.29, 0.717) is 18.7 Å². The molecule has 1 saturated heterocycles. The summed E-state index contributed by atoms with van der Waals surface area (Å²) in [7, 11) is -4.00. The van der Waals surface area contributed by atoms with E-state index in [-0.39, 0.29) is 41.0 Å². The second-order valence-electron chi connectivity index (χ2n) is 6.23. The van der Waals surface area contributed by atoms with E-state index in [2.05, 4.69) is 5.32 Å². The second kappa shape index (κ2) is 8.05. The SMILES string of the molecule is CC(=O)c1cccc(Oc2ccc([N+](=O)[O-])cc2S(=O)(=O)N2CCNCC2)c1. The summed E-state index contributed by atoms with van der Waals surface area (Å²) in [6.07, 6.45) is 0. The number of nitro benzene ring substituents is 1. The van der Waals surface area contributed by atoms with Crippen LogP contribution in [-0.4, -0.2) is 49.6 Å². The smallest absolute Gasteiger partial charge is 0.271 e. The van der Waals surface area contributed by atoms with Gasteiger partial charge in [-0.2, -0.15) is 4.31 Å². The lowest BCUT2D eigenvalue weighted by molar-refractivity contribution is -0.385. The molecule has 10 heteroatoms. The van der Waals surface area contributed by atoms with Crippen molar-refractivity contribution >= 4 is 21.5 Å². The van der Waals surface area contributed by atoms with Crippen LogP contribution in [-0.2, 0) is 10.0 Å². The number of Topliss-reactive ketones (excluding diaryl/α,β-unsaturated/α-hetero) is 1. The summed E-state index contributed by atoms with van der Waals surface area (Å²) in [5.41, 5.74) is 0.0597. The lowest BCUT2D eigenvalue weighted by Crippen LogP contribution is -2.46. The Morgan fingerprint density at radius 3 is 2.54 bits per heavy atom. The molecule has 0 aromatic heterocycles. The monoisotopic (exact) mass is 405 g/mol. The molecule has 1 fully saturated rings. The van der Waals surface area contributed by atoms with Crippen LogP contribution in [0.3, 0.4) is 0 Å². The average molecular weight is 405 g/mol. The van der Waals surface area contributed by atoms with Crippen molar-refractivity contribution in [3.63, 3.8) is 0 Å². The van der Waals surface area contributed by atoms with Crippen molar-refractivity contribution in [1.82, 2.24) is 9.62 Å². The molecule has 0 aliphatic carbocycles. The van der Waals surface area contributed by atoms with Crippen molar-refractivity contribution in [2.75, 3.05) is 26.2 Å². The molecule has 0 amide bonds. The van der Waals surface area contributed by atoms with E-state index in [1.807, 2.05) is 0 Å². The maximum absolute atomic E-state index is 13.1. The van der Waals surface area contributed by atoms with E-state index in [0.717, 1.165) is 6.07 Å². The van der Waals surface area contributed by atoms with E-state index in [1.165, 1.54) is 29.4 Å². The Morgan fingerprint density at radius 1 is 1.18 bits per heavy atom. The molecule has 0 bridgehead atoms. The molecule has 9 nitrogen and oxygen atoms in total. The lowest BCUT2D eigenvalue weighted by atomic mass is 10.1. The number of hydrogen-bond donors (Lipinski definition) is 1. The summed E-state index contributed by atoms with van der Waals surface area (Å²) >= 11 is 0. The molecule has 0 spiro atoms. The number of sulfonamides is 1. The van der Waals surface area contributed by atoms with E-state index in [9.17, 15) is 23.3 Å². The minimum Gasteiger partial charge on any atom is -0.456 e. The van der Waals surface area contributed by atoms with Crippen molar-refractivity contribution in [3.05, 3.63) is 58.1 Å². The van der Waals surface area contributed by atoms with Gasteiger partial charge in [0.2, 0.25) is 10.0 Å². The molecule has 0 atom stereocenters. The fourth-order valence-corrected chi connectivity index (χ4v) is 4.40. The minimum absolute atomic E-state index is 0.0372. The zero-order valence-electron chi connectivity index (χ0n) is 15.1. The van der Waals surface area contributed by atoms with Crippen LogP contribution in [0.25, 0.3) is 0 Å². The van der Waals surface area contributed by atoms with Crippen molar-refractivity contribution in [2.24, 2.45) is 0 Å². The Hall–Kier alpha value is -2.82. The van der Waals surface area contributed by atoms with Gasteiger partial charge >= 0.3 is 0 Å². The highest BCUT2D eigenvalue weighted by molar-refractivity contribution is 7.89. The Kier molecular flexibility index (Phi) is 5.73. The third kappa shape index (κ3) is 4.19. The van der Waals surface area contributed by atoms with Gasteiger partial charge in [-0.15, -0.1) is 0 Å². The molecule has 1 N–H and O–H groups in total. The average Bonchev–Trinajstić information content (AvgIpc) is 2.69. The molecular weight excluding hydrogens is 386 g/mol. The zero-order chi connectivity index (χ0) is 20.3. The predicted molar refractivity (Wildman–Crippen MR) is 101 cm³/mol. The third-order valence-corrected chi connectivity index (χ3v) is 6.22. The number of ether oxygens (including phenoxy) is 1. The molecule has 0 saturated carbocycles. The number of rotatable bonds is 6. The molecule has 1 aliphatic heterocycles. The highest BCUT2D eigenvalue weighted by Crippen LogP contribution is 2.34. The van der Waals surface area contributed by atoms with E-state index in [1.54, 1.807) is 18.2 Å². The van der Waals surface area contributed by atoms with Crippen LogP contribution in [0, 0.1) is 10.1 Å². The molecule has 2 aromatic carbocycles. The number of non-ortho nitro benzene ring substituents is 1. The fourth-order valence-electron chi connectivity index (χ4n) is 2.83. The topological polar surface area (TPSA) is 119 Å². The quantitative estimate of drug-likeness (QED) is 0.444. The van der Waals surface area contributed by atoms with Crippen molar-refractivity contribution < 1.29 is 22.9 Å². The second-order valence-corrected chi connectivity index (χ2v) is 8.13. The molecule has 28 heavy (non-hydrogen) atoms. The molecule has 148 valence electrons. The molecule has 1 aliphatic rings. The Labute approximate surface area is 162 Å². The minimum atomic E-state index is -4.00. The van der Waals surface area contributed by atoms with Crippen LogP contribution < -0.4 is 10.1 Å². The van der Waals surface area contributed by atoms with Crippen LogP contribution in [0.2, 0.25) is 0 Å². The highest BCUT2D eigenvalue weighted by atomic mass is 32.2. The van der Waals surface area contributed by atoms with Gasteiger partial charge in [-0.1, -0.05) is 12.1 Å². The summed E-state index contributed by atoms with van der Waals surface area (Å²) in [5.74, 6) is 0.0611. The van der Waals surface area contributed by atoms with Crippen LogP contribution in [0.15, 0.2) is 47.4 Å². The number of nitrogens with zero attached hydrogens (tertiary/aromatic N) is 2. The first-order chi connectivity index (χ1) is 13.3. The standard InChI is InChI=1S/C18H19N3O6S/c1-13(22)14-3-2-4-16(11-14)27-17-6-5-15(21(23)24)12-18(17)28(25,26)20-9-7-19-8-10-20/h2-6,11-12,19H,7-10H2,1H3. The van der Waals surface area contributed by atoms with Crippen molar-refractivity contribution in [3.8, 4) is 11.5 Å². The van der Waals surface area contributed by atoms with Crippen LogP contribution in [0.5, 0.6) is 11.5 Å². The number of piperazine rings is 1. The van der Waals surface area contributed by atoms with Crippen molar-refractivity contribution in [2.45, 2.75) is 11.8 Å². The van der Waals surface area contributed by atoms with E-state index in [4.69, 9.17) is 4.74 Å². The number of carbonyl (C=O) groups is 1. The molecule has 0 unspecified atom stereocenters. The normalized spacial score (nSPS) is 15.2. The van der Waals surface area contributed by atoms with Crippen LogP contribution in [0.4, 0.5) is 5.69 Å². The van der Waals surface area contributed by atoms with Crippen LogP contribution in [0.1, 0.15) is 17.3 Å². The van der Waals surface area contributed by atoms with E-state index < -0.39 is 14.9 Å². The van der Waals surface area contributed by atoms with Gasteiger partial charge < -0.3 is 10.1 Å². The molecular formula is C18H19N3O6S. The maximum Gasteiger partial charge on any atom is 0.271 e. The molecule has 3 rings (SSSR count). The number of nitro groups is 1. The molecule has 0 radical (unpaired) electrons. The highest BCUT2D eigenvalue weighted by Gasteiger charge is 2.31. The van der Waals surface area contributed by atoms with E-state index >= 15 is 0 Å². The Morgan fingerprint density at radius 2 is 1.89 bits per heavy atom.